The van der Waals surface area contributed by atoms with E-state index < -0.39 is 0 Å². The summed E-state index contributed by atoms with van der Waals surface area (Å²) in [6.07, 6.45) is 11.2. The molecule has 0 amide bonds. The summed E-state index contributed by atoms with van der Waals surface area (Å²) < 4.78 is 5.91. The molecule has 15 heavy (non-hydrogen) atoms. The molecule has 1 aliphatic carbocycles. The molecule has 84 valence electrons. The highest BCUT2D eigenvalue weighted by Crippen LogP contribution is 2.26. The van der Waals surface area contributed by atoms with Gasteiger partial charge >= 0.3 is 0 Å². The van der Waals surface area contributed by atoms with Crippen molar-refractivity contribution in [1.82, 2.24) is 0 Å². The van der Waals surface area contributed by atoms with Gasteiger partial charge < -0.3 is 4.74 Å². The number of rotatable bonds is 5. The molecule has 0 aliphatic heterocycles. The van der Waals surface area contributed by atoms with E-state index in [-0.39, 0.29) is 0 Å². The van der Waals surface area contributed by atoms with Gasteiger partial charge in [0.2, 0.25) is 0 Å². The van der Waals surface area contributed by atoms with Crippen LogP contribution >= 0.6 is 0 Å². The average Bonchev–Trinajstić information content (AvgIpc) is 2.26. The zero-order chi connectivity index (χ0) is 11.1. The Labute approximate surface area is 93.5 Å². The highest BCUT2D eigenvalue weighted by atomic mass is 16.5. The predicted octanol–water partition coefficient (Wildman–Crippen LogP) is 3.88. The second-order valence-corrected chi connectivity index (χ2v) is 4.29. The van der Waals surface area contributed by atoms with Crippen molar-refractivity contribution < 1.29 is 4.74 Å². The third-order valence-corrected chi connectivity index (χ3v) is 3.09. The maximum Gasteiger partial charge on any atom is 0.0720 e. The van der Waals surface area contributed by atoms with E-state index >= 15 is 0 Å². The van der Waals surface area contributed by atoms with E-state index in [1.54, 1.807) is 6.08 Å². The van der Waals surface area contributed by atoms with E-state index in [1.807, 2.05) is 12.2 Å². The Kier molecular flexibility index (Phi) is 5.41. The van der Waals surface area contributed by atoms with Crippen molar-refractivity contribution >= 4 is 0 Å². The molecule has 1 heteroatoms. The van der Waals surface area contributed by atoms with Gasteiger partial charge in [-0.15, -0.1) is 0 Å². The van der Waals surface area contributed by atoms with Crippen LogP contribution in [0.3, 0.4) is 0 Å². The van der Waals surface area contributed by atoms with E-state index in [4.69, 9.17) is 4.74 Å². The monoisotopic (exact) mass is 206 g/mol. The fourth-order valence-electron chi connectivity index (χ4n) is 2.06. The topological polar surface area (TPSA) is 9.23 Å². The molecule has 0 bridgehead atoms. The first kappa shape index (κ1) is 12.3. The van der Waals surface area contributed by atoms with Crippen LogP contribution in [-0.2, 0) is 4.74 Å². The van der Waals surface area contributed by atoms with Crippen molar-refractivity contribution in [3.63, 3.8) is 0 Å². The molecule has 1 aliphatic rings. The number of allylic oxidation sites excluding steroid dienone is 2. The van der Waals surface area contributed by atoms with Crippen LogP contribution in [0.15, 0.2) is 37.0 Å². The molecule has 0 radical (unpaired) electrons. The first-order chi connectivity index (χ1) is 7.27. The van der Waals surface area contributed by atoms with Crippen LogP contribution in [0.5, 0.6) is 0 Å². The quantitative estimate of drug-likeness (QED) is 0.620. The third-order valence-electron chi connectivity index (χ3n) is 3.09. The van der Waals surface area contributed by atoms with Gasteiger partial charge in [0, 0.05) is 0 Å². The van der Waals surface area contributed by atoms with Crippen LogP contribution in [0.4, 0.5) is 0 Å². The lowest BCUT2D eigenvalue weighted by Crippen LogP contribution is -2.26. The molecular weight excluding hydrogens is 184 g/mol. The number of hydrogen-bond acceptors (Lipinski definition) is 1. The van der Waals surface area contributed by atoms with E-state index in [2.05, 4.69) is 20.1 Å². The molecule has 2 atom stereocenters. The Morgan fingerprint density at radius 3 is 2.67 bits per heavy atom. The van der Waals surface area contributed by atoms with Gasteiger partial charge in [-0.2, -0.15) is 0 Å². The van der Waals surface area contributed by atoms with Crippen LogP contribution in [0.1, 0.15) is 32.6 Å². The SMILES string of the molecule is C=C/C=C(\C=C)COC1CCCCC1C. The molecule has 0 aromatic heterocycles. The predicted molar refractivity (Wildman–Crippen MR) is 65.8 cm³/mol. The Hall–Kier alpha value is -0.820. The minimum Gasteiger partial charge on any atom is -0.373 e. The van der Waals surface area contributed by atoms with E-state index in [1.165, 1.54) is 25.7 Å². The standard InChI is InChI=1S/C14H22O/c1-4-8-13(5-2)11-15-14-10-7-6-9-12(14)3/h4-5,8,12,14H,1-2,6-7,9-11H2,3H3/b13-8+. The molecule has 2 unspecified atom stereocenters. The Morgan fingerprint density at radius 1 is 1.33 bits per heavy atom. The van der Waals surface area contributed by atoms with Gasteiger partial charge in [0.05, 0.1) is 12.7 Å². The van der Waals surface area contributed by atoms with Crippen LogP contribution in [0.25, 0.3) is 0 Å². The lowest BCUT2D eigenvalue weighted by Gasteiger charge is -2.28. The van der Waals surface area contributed by atoms with Gasteiger partial charge in [-0.05, 0) is 24.3 Å². The fraction of sp³-hybridized carbons (Fsp3) is 0.571. The Balaban J connectivity index is 2.37. The first-order valence-corrected chi connectivity index (χ1v) is 5.83. The molecule has 0 heterocycles. The average molecular weight is 206 g/mol. The second-order valence-electron chi connectivity index (χ2n) is 4.29. The molecule has 0 saturated heterocycles. The Bertz CT molecular complexity index is 240. The fourth-order valence-corrected chi connectivity index (χ4v) is 2.06. The van der Waals surface area contributed by atoms with Gasteiger partial charge in [0.15, 0.2) is 0 Å². The zero-order valence-electron chi connectivity index (χ0n) is 9.74. The maximum atomic E-state index is 5.91. The van der Waals surface area contributed by atoms with Crippen molar-refractivity contribution in [1.29, 1.82) is 0 Å². The van der Waals surface area contributed by atoms with Crippen molar-refractivity contribution in [2.75, 3.05) is 6.61 Å². The van der Waals surface area contributed by atoms with Gasteiger partial charge in [0.1, 0.15) is 0 Å². The molecule has 1 nitrogen and oxygen atoms in total. The van der Waals surface area contributed by atoms with E-state index in [0.717, 1.165) is 5.57 Å². The molecule has 0 N–H and O–H groups in total. The Morgan fingerprint density at radius 2 is 2.07 bits per heavy atom. The summed E-state index contributed by atoms with van der Waals surface area (Å²) in [6.45, 7) is 10.4. The number of hydrogen-bond donors (Lipinski definition) is 0. The summed E-state index contributed by atoms with van der Waals surface area (Å²) in [7, 11) is 0. The number of ether oxygens (including phenoxy) is 1. The highest BCUT2D eigenvalue weighted by molar-refractivity contribution is 5.21. The maximum absolute atomic E-state index is 5.91. The second kappa shape index (κ2) is 6.62. The van der Waals surface area contributed by atoms with Crippen LogP contribution in [0.2, 0.25) is 0 Å². The minimum absolute atomic E-state index is 0.437. The van der Waals surface area contributed by atoms with E-state index in [9.17, 15) is 0 Å². The van der Waals surface area contributed by atoms with Crippen molar-refractivity contribution in [2.24, 2.45) is 5.92 Å². The summed E-state index contributed by atoms with van der Waals surface area (Å²) in [5.41, 5.74) is 1.11. The molecule has 0 spiro atoms. The summed E-state index contributed by atoms with van der Waals surface area (Å²) in [4.78, 5) is 0. The molecule has 0 aromatic rings. The van der Waals surface area contributed by atoms with Gasteiger partial charge in [0.25, 0.3) is 0 Å². The first-order valence-electron chi connectivity index (χ1n) is 5.83. The summed E-state index contributed by atoms with van der Waals surface area (Å²) in [5, 5.41) is 0. The molecular formula is C14H22O. The summed E-state index contributed by atoms with van der Waals surface area (Å²) >= 11 is 0. The van der Waals surface area contributed by atoms with Gasteiger partial charge in [-0.1, -0.05) is 51.2 Å². The summed E-state index contributed by atoms with van der Waals surface area (Å²) in [5.74, 6) is 0.702. The molecule has 1 fully saturated rings. The molecule has 0 aromatic carbocycles. The van der Waals surface area contributed by atoms with E-state index in [0.29, 0.717) is 18.6 Å². The summed E-state index contributed by atoms with van der Waals surface area (Å²) in [6, 6.07) is 0. The van der Waals surface area contributed by atoms with Crippen molar-refractivity contribution in [3.05, 3.63) is 37.0 Å². The lowest BCUT2D eigenvalue weighted by atomic mass is 9.88. The van der Waals surface area contributed by atoms with Crippen molar-refractivity contribution in [2.45, 2.75) is 38.7 Å². The van der Waals surface area contributed by atoms with Crippen LogP contribution < -0.4 is 0 Å². The lowest BCUT2D eigenvalue weighted by molar-refractivity contribution is 0.00801. The smallest absolute Gasteiger partial charge is 0.0720 e. The largest absolute Gasteiger partial charge is 0.373 e. The van der Waals surface area contributed by atoms with Gasteiger partial charge in [-0.3, -0.25) is 0 Å². The van der Waals surface area contributed by atoms with Crippen LogP contribution in [-0.4, -0.2) is 12.7 Å². The normalized spacial score (nSPS) is 27.4. The molecule has 1 rings (SSSR count). The van der Waals surface area contributed by atoms with Crippen molar-refractivity contribution in [3.8, 4) is 0 Å². The van der Waals surface area contributed by atoms with Crippen LogP contribution in [0, 0.1) is 5.92 Å². The van der Waals surface area contributed by atoms with Gasteiger partial charge in [-0.25, -0.2) is 0 Å². The zero-order valence-corrected chi connectivity index (χ0v) is 9.74. The molecule has 1 saturated carbocycles. The third kappa shape index (κ3) is 4.05. The highest BCUT2D eigenvalue weighted by Gasteiger charge is 2.21. The minimum atomic E-state index is 0.437.